The fourth-order valence-corrected chi connectivity index (χ4v) is 2.59. The van der Waals surface area contributed by atoms with Crippen LogP contribution in [0.2, 0.25) is 0 Å². The summed E-state index contributed by atoms with van der Waals surface area (Å²) in [5.74, 6) is -0.116. The molecule has 10 nitrogen and oxygen atoms in total. The van der Waals surface area contributed by atoms with Crippen molar-refractivity contribution in [1.82, 2.24) is 24.5 Å². The van der Waals surface area contributed by atoms with E-state index in [0.29, 0.717) is 6.54 Å². The molecule has 10 heteroatoms. The summed E-state index contributed by atoms with van der Waals surface area (Å²) in [5, 5.41) is 19.6. The second kappa shape index (κ2) is 8.33. The molecule has 0 N–H and O–H groups in total. The molecule has 0 aliphatic carbocycles. The Bertz CT molecular complexity index is 980. The van der Waals surface area contributed by atoms with Gasteiger partial charge in [0.05, 0.1) is 17.2 Å². The summed E-state index contributed by atoms with van der Waals surface area (Å²) in [5.41, 5.74) is 0.914. The third-order valence-corrected chi connectivity index (χ3v) is 4.04. The molecule has 1 amide bonds. The number of nitro groups is 1. The van der Waals surface area contributed by atoms with Crippen molar-refractivity contribution >= 4 is 11.6 Å². The normalized spacial score (nSPS) is 10.6. The lowest BCUT2D eigenvalue weighted by atomic mass is 10.3. The Kier molecular flexibility index (Phi) is 5.68. The van der Waals surface area contributed by atoms with Crippen LogP contribution < -0.4 is 4.74 Å². The third kappa shape index (κ3) is 4.34. The highest BCUT2D eigenvalue weighted by atomic mass is 16.6. The molecule has 0 aliphatic rings. The maximum Gasteiger partial charge on any atom is 0.311 e. The first-order chi connectivity index (χ1) is 13.5. The minimum absolute atomic E-state index is 0.0528. The molecule has 0 atom stereocenters. The predicted octanol–water partition coefficient (Wildman–Crippen LogP) is 2.32. The van der Waals surface area contributed by atoms with Crippen molar-refractivity contribution in [3.05, 3.63) is 70.3 Å². The molecule has 3 rings (SSSR count). The number of nitro benzene ring substituents is 1. The summed E-state index contributed by atoms with van der Waals surface area (Å²) in [6.07, 6.45) is 3.45. The van der Waals surface area contributed by atoms with Gasteiger partial charge < -0.3 is 9.64 Å². The van der Waals surface area contributed by atoms with Crippen LogP contribution in [-0.4, -0.2) is 42.3 Å². The van der Waals surface area contributed by atoms with Gasteiger partial charge in [-0.2, -0.15) is 10.2 Å². The monoisotopic (exact) mass is 384 g/mol. The quantitative estimate of drug-likeness (QED) is 0.436. The van der Waals surface area contributed by atoms with E-state index in [4.69, 9.17) is 4.74 Å². The van der Waals surface area contributed by atoms with Crippen LogP contribution in [0.3, 0.4) is 0 Å². The Morgan fingerprint density at radius 1 is 1.18 bits per heavy atom. The summed E-state index contributed by atoms with van der Waals surface area (Å²) in [7, 11) is 1.68. The van der Waals surface area contributed by atoms with Crippen LogP contribution in [0.15, 0.2) is 48.8 Å². The zero-order valence-corrected chi connectivity index (χ0v) is 15.6. The third-order valence-electron chi connectivity index (χ3n) is 4.04. The molecule has 0 saturated carbocycles. The molecule has 3 aromatic rings. The molecule has 0 unspecified atom stereocenters. The van der Waals surface area contributed by atoms with E-state index >= 15 is 0 Å². The molecule has 2 heterocycles. The molecule has 0 radical (unpaired) electrons. The highest BCUT2D eigenvalue weighted by molar-refractivity contribution is 5.91. The topological polar surface area (TPSA) is 108 Å². The van der Waals surface area contributed by atoms with Crippen molar-refractivity contribution in [2.75, 3.05) is 7.05 Å². The van der Waals surface area contributed by atoms with Gasteiger partial charge in [0, 0.05) is 32.1 Å². The van der Waals surface area contributed by atoms with Gasteiger partial charge in [0.15, 0.2) is 18.2 Å². The summed E-state index contributed by atoms with van der Waals surface area (Å²) in [6.45, 7) is 3.07. The lowest BCUT2D eigenvalue weighted by Gasteiger charge is -2.14. The number of para-hydroxylation sites is 2. The van der Waals surface area contributed by atoms with E-state index in [9.17, 15) is 14.9 Å². The SMILES string of the molecule is CCn1ccc(CN(C)C(=O)c2ccn(COc3ccccc3[N+](=O)[O-])n2)n1. The van der Waals surface area contributed by atoms with Crippen molar-refractivity contribution in [1.29, 1.82) is 0 Å². The standard InChI is InChI=1S/C18H20N6O4/c1-3-22-10-8-14(19-22)12-21(2)18(25)15-9-11-23(20-15)13-28-17-7-5-4-6-16(17)24(26)27/h4-11H,3,12-13H2,1-2H3. The number of hydrogen-bond acceptors (Lipinski definition) is 6. The van der Waals surface area contributed by atoms with Gasteiger partial charge in [-0.05, 0) is 25.1 Å². The van der Waals surface area contributed by atoms with Gasteiger partial charge in [0.25, 0.3) is 5.91 Å². The van der Waals surface area contributed by atoms with Gasteiger partial charge in [-0.25, -0.2) is 4.68 Å². The molecular formula is C18H20N6O4. The number of carbonyl (C=O) groups excluding carboxylic acids is 1. The van der Waals surface area contributed by atoms with E-state index in [2.05, 4.69) is 10.2 Å². The molecule has 28 heavy (non-hydrogen) atoms. The first kappa shape index (κ1) is 19.1. The van der Waals surface area contributed by atoms with Crippen LogP contribution in [0.1, 0.15) is 23.1 Å². The zero-order valence-electron chi connectivity index (χ0n) is 15.6. The maximum atomic E-state index is 12.5. The van der Waals surface area contributed by atoms with E-state index in [1.165, 1.54) is 21.7 Å². The number of ether oxygens (including phenoxy) is 1. The molecule has 146 valence electrons. The van der Waals surface area contributed by atoms with Gasteiger partial charge in [0.1, 0.15) is 0 Å². The number of benzene rings is 1. The van der Waals surface area contributed by atoms with Crippen molar-refractivity contribution in [3.8, 4) is 5.75 Å². The predicted molar refractivity (Wildman–Crippen MR) is 99.6 cm³/mol. The Labute approximate surface area is 161 Å². The van der Waals surface area contributed by atoms with Crippen molar-refractivity contribution in [2.45, 2.75) is 26.7 Å². The summed E-state index contributed by atoms with van der Waals surface area (Å²) >= 11 is 0. The molecule has 1 aromatic carbocycles. The highest BCUT2D eigenvalue weighted by Gasteiger charge is 2.17. The van der Waals surface area contributed by atoms with Crippen molar-refractivity contribution in [2.24, 2.45) is 0 Å². The molecule has 2 aromatic heterocycles. The number of aryl methyl sites for hydroxylation is 1. The molecular weight excluding hydrogens is 364 g/mol. The van der Waals surface area contributed by atoms with Gasteiger partial charge in [-0.1, -0.05) is 12.1 Å². The second-order valence-electron chi connectivity index (χ2n) is 6.06. The van der Waals surface area contributed by atoms with Crippen LogP contribution in [0, 0.1) is 10.1 Å². The summed E-state index contributed by atoms with van der Waals surface area (Å²) < 4.78 is 8.67. The van der Waals surface area contributed by atoms with Crippen LogP contribution in [0.4, 0.5) is 5.69 Å². The Balaban J connectivity index is 1.61. The lowest BCUT2D eigenvalue weighted by molar-refractivity contribution is -0.386. The van der Waals surface area contributed by atoms with E-state index in [-0.39, 0.29) is 29.8 Å². The zero-order chi connectivity index (χ0) is 20.1. The van der Waals surface area contributed by atoms with Crippen molar-refractivity contribution in [3.63, 3.8) is 0 Å². The molecule has 0 aliphatic heterocycles. The van der Waals surface area contributed by atoms with Crippen LogP contribution in [0.25, 0.3) is 0 Å². The fourth-order valence-electron chi connectivity index (χ4n) is 2.59. The fraction of sp³-hybridized carbons (Fsp3) is 0.278. The average Bonchev–Trinajstić information content (AvgIpc) is 3.35. The Hall–Kier alpha value is -3.69. The van der Waals surface area contributed by atoms with Gasteiger partial charge >= 0.3 is 5.69 Å². The minimum atomic E-state index is -0.512. The van der Waals surface area contributed by atoms with E-state index in [1.54, 1.807) is 36.1 Å². The number of amides is 1. The van der Waals surface area contributed by atoms with Gasteiger partial charge in [0.2, 0.25) is 0 Å². The summed E-state index contributed by atoms with van der Waals surface area (Å²) in [4.78, 5) is 24.6. The largest absolute Gasteiger partial charge is 0.464 e. The number of carbonyl (C=O) groups is 1. The van der Waals surface area contributed by atoms with Crippen molar-refractivity contribution < 1.29 is 14.5 Å². The smallest absolute Gasteiger partial charge is 0.311 e. The summed E-state index contributed by atoms with van der Waals surface area (Å²) in [6, 6.07) is 9.53. The van der Waals surface area contributed by atoms with E-state index < -0.39 is 4.92 Å². The van der Waals surface area contributed by atoms with Crippen LogP contribution >= 0.6 is 0 Å². The number of aromatic nitrogens is 4. The number of nitrogens with zero attached hydrogens (tertiary/aromatic N) is 6. The molecule has 0 fully saturated rings. The van der Waals surface area contributed by atoms with Gasteiger partial charge in [-0.3, -0.25) is 19.6 Å². The maximum absolute atomic E-state index is 12.5. The number of rotatable bonds is 8. The first-order valence-electron chi connectivity index (χ1n) is 8.65. The average molecular weight is 384 g/mol. The number of hydrogen-bond donors (Lipinski definition) is 0. The Morgan fingerprint density at radius 3 is 2.64 bits per heavy atom. The molecule has 0 bridgehead atoms. The molecule has 0 saturated heterocycles. The van der Waals surface area contributed by atoms with Gasteiger partial charge in [-0.15, -0.1) is 0 Å². The lowest BCUT2D eigenvalue weighted by Crippen LogP contribution is -2.27. The Morgan fingerprint density at radius 2 is 1.93 bits per heavy atom. The van der Waals surface area contributed by atoms with E-state index in [0.717, 1.165) is 12.2 Å². The molecule has 0 spiro atoms. The highest BCUT2D eigenvalue weighted by Crippen LogP contribution is 2.25. The van der Waals surface area contributed by atoms with E-state index in [1.807, 2.05) is 19.2 Å². The minimum Gasteiger partial charge on any atom is -0.464 e. The first-order valence-corrected chi connectivity index (χ1v) is 8.65. The van der Waals surface area contributed by atoms with Crippen LogP contribution in [0.5, 0.6) is 5.75 Å². The van der Waals surface area contributed by atoms with Crippen LogP contribution in [-0.2, 0) is 19.8 Å². The second-order valence-corrected chi connectivity index (χ2v) is 6.06.